The first kappa shape index (κ1) is 17.9. The largest absolute Gasteiger partial charge is 0.370 e. The number of rotatable bonds is 8. The van der Waals surface area contributed by atoms with Crippen LogP contribution >= 0.6 is 0 Å². The second-order valence-corrected chi connectivity index (χ2v) is 9.06. The summed E-state index contributed by atoms with van der Waals surface area (Å²) in [5, 5.41) is 3.01. The zero-order valence-corrected chi connectivity index (χ0v) is 14.0. The van der Waals surface area contributed by atoms with Crippen molar-refractivity contribution in [3.8, 4) is 0 Å². The highest BCUT2D eigenvalue weighted by Crippen LogP contribution is 2.16. The predicted molar refractivity (Wildman–Crippen MR) is 82.5 cm³/mol. The molecule has 0 amide bonds. The summed E-state index contributed by atoms with van der Waals surface area (Å²) < 4.78 is 48.0. The highest BCUT2D eigenvalue weighted by Gasteiger charge is 2.22. The number of hydrogen-bond acceptors (Lipinski definition) is 6. The second kappa shape index (κ2) is 7.19. The van der Waals surface area contributed by atoms with Crippen molar-refractivity contribution in [2.45, 2.75) is 18.2 Å². The van der Waals surface area contributed by atoms with Crippen molar-refractivity contribution in [1.82, 2.24) is 9.29 Å². The summed E-state index contributed by atoms with van der Waals surface area (Å²) in [5.74, 6) is 0.267. The fourth-order valence-corrected chi connectivity index (χ4v) is 3.42. The lowest BCUT2D eigenvalue weighted by molar-refractivity contribution is 0.484. The van der Waals surface area contributed by atoms with Crippen LogP contribution in [0.5, 0.6) is 0 Å². The Balaban J connectivity index is 2.91. The first-order valence-corrected chi connectivity index (χ1v) is 10.0. The SMILES string of the molecule is CCCNc1cc(S(=O)(=O)N(C)CCS(C)(=O)=O)ccn1. The smallest absolute Gasteiger partial charge is 0.243 e. The lowest BCUT2D eigenvalue weighted by Gasteiger charge is -2.17. The highest BCUT2D eigenvalue weighted by atomic mass is 32.2. The van der Waals surface area contributed by atoms with Gasteiger partial charge < -0.3 is 5.32 Å². The van der Waals surface area contributed by atoms with Gasteiger partial charge in [0.25, 0.3) is 0 Å². The van der Waals surface area contributed by atoms with E-state index in [-0.39, 0.29) is 17.2 Å². The summed E-state index contributed by atoms with van der Waals surface area (Å²) in [7, 11) is -5.57. The Kier molecular flexibility index (Phi) is 6.11. The molecule has 0 aromatic carbocycles. The van der Waals surface area contributed by atoms with Crippen LogP contribution < -0.4 is 5.32 Å². The van der Waals surface area contributed by atoms with Gasteiger partial charge in [-0.2, -0.15) is 4.31 Å². The van der Waals surface area contributed by atoms with E-state index in [2.05, 4.69) is 10.3 Å². The van der Waals surface area contributed by atoms with Crippen LogP contribution in [-0.2, 0) is 19.9 Å². The van der Waals surface area contributed by atoms with E-state index < -0.39 is 19.9 Å². The molecule has 9 heteroatoms. The van der Waals surface area contributed by atoms with E-state index in [4.69, 9.17) is 0 Å². The van der Waals surface area contributed by atoms with Gasteiger partial charge in [0, 0.05) is 38.7 Å². The van der Waals surface area contributed by atoms with E-state index >= 15 is 0 Å². The quantitative estimate of drug-likeness (QED) is 0.746. The number of sulfone groups is 1. The van der Waals surface area contributed by atoms with Gasteiger partial charge >= 0.3 is 0 Å². The number of nitrogens with zero attached hydrogens (tertiary/aromatic N) is 2. The van der Waals surface area contributed by atoms with Crippen LogP contribution in [-0.4, -0.2) is 58.3 Å². The zero-order valence-electron chi connectivity index (χ0n) is 12.4. The monoisotopic (exact) mass is 335 g/mol. The average Bonchev–Trinajstić information content (AvgIpc) is 2.42. The zero-order chi connectivity index (χ0) is 16.1. The Morgan fingerprint density at radius 2 is 1.95 bits per heavy atom. The molecule has 0 bridgehead atoms. The lowest BCUT2D eigenvalue weighted by atomic mass is 10.4. The summed E-state index contributed by atoms with van der Waals surface area (Å²) in [5.41, 5.74) is 0. The number of aromatic nitrogens is 1. The minimum atomic E-state index is -3.72. The summed E-state index contributed by atoms with van der Waals surface area (Å²) in [6.07, 6.45) is 3.38. The van der Waals surface area contributed by atoms with Gasteiger partial charge in [0.1, 0.15) is 15.7 Å². The van der Waals surface area contributed by atoms with Gasteiger partial charge in [0.15, 0.2) is 0 Å². The van der Waals surface area contributed by atoms with Gasteiger partial charge in [0.2, 0.25) is 10.0 Å². The van der Waals surface area contributed by atoms with E-state index in [1.807, 2.05) is 6.92 Å². The molecule has 0 aliphatic carbocycles. The molecule has 1 N–H and O–H groups in total. The molecule has 0 saturated heterocycles. The topological polar surface area (TPSA) is 96.4 Å². The molecule has 0 atom stereocenters. The summed E-state index contributed by atoms with van der Waals surface area (Å²) in [6, 6.07) is 2.84. The van der Waals surface area contributed by atoms with Crippen molar-refractivity contribution in [3.63, 3.8) is 0 Å². The van der Waals surface area contributed by atoms with Gasteiger partial charge in [0.05, 0.1) is 10.6 Å². The van der Waals surface area contributed by atoms with Crippen molar-refractivity contribution in [1.29, 1.82) is 0 Å². The van der Waals surface area contributed by atoms with Crippen molar-refractivity contribution in [2.75, 3.05) is 37.5 Å². The average molecular weight is 335 g/mol. The van der Waals surface area contributed by atoms with Crippen LogP contribution in [0.3, 0.4) is 0 Å². The fraction of sp³-hybridized carbons (Fsp3) is 0.583. The Hall–Kier alpha value is -1.19. The molecule has 120 valence electrons. The first-order valence-electron chi connectivity index (χ1n) is 6.51. The van der Waals surface area contributed by atoms with Crippen LogP contribution in [0, 0.1) is 0 Å². The van der Waals surface area contributed by atoms with Gasteiger partial charge in [-0.25, -0.2) is 21.8 Å². The highest BCUT2D eigenvalue weighted by molar-refractivity contribution is 7.91. The molecule has 0 radical (unpaired) electrons. The Morgan fingerprint density at radius 1 is 1.29 bits per heavy atom. The maximum atomic E-state index is 12.4. The van der Waals surface area contributed by atoms with E-state index in [0.29, 0.717) is 12.4 Å². The van der Waals surface area contributed by atoms with Crippen LogP contribution in [0.2, 0.25) is 0 Å². The van der Waals surface area contributed by atoms with E-state index in [0.717, 1.165) is 17.0 Å². The van der Waals surface area contributed by atoms with Crippen LogP contribution in [0.15, 0.2) is 23.2 Å². The Morgan fingerprint density at radius 3 is 2.52 bits per heavy atom. The standard InChI is InChI=1S/C12H21N3O4S2/c1-4-6-13-12-10-11(5-7-14-12)21(18,19)15(2)8-9-20(3,16)17/h5,7,10H,4,6,8-9H2,1-3H3,(H,13,14). The molecule has 0 fully saturated rings. The lowest BCUT2D eigenvalue weighted by Crippen LogP contribution is -2.31. The molecule has 0 aliphatic rings. The summed E-state index contributed by atoms with van der Waals surface area (Å²) in [6.45, 7) is 2.61. The minimum absolute atomic E-state index is 0.0821. The molecule has 1 aromatic rings. The molecular formula is C12H21N3O4S2. The molecule has 0 spiro atoms. The Labute approximate surface area is 126 Å². The summed E-state index contributed by atoms with van der Waals surface area (Å²) >= 11 is 0. The maximum Gasteiger partial charge on any atom is 0.243 e. The number of nitrogens with one attached hydrogen (secondary N) is 1. The minimum Gasteiger partial charge on any atom is -0.370 e. The molecular weight excluding hydrogens is 314 g/mol. The van der Waals surface area contributed by atoms with E-state index in [1.165, 1.54) is 25.4 Å². The fourth-order valence-electron chi connectivity index (χ4n) is 1.52. The number of hydrogen-bond donors (Lipinski definition) is 1. The molecule has 0 aliphatic heterocycles. The maximum absolute atomic E-state index is 12.4. The van der Waals surface area contributed by atoms with Gasteiger partial charge in [-0.1, -0.05) is 6.92 Å². The van der Waals surface area contributed by atoms with Gasteiger partial charge in [-0.15, -0.1) is 0 Å². The molecule has 0 unspecified atom stereocenters. The molecule has 1 aromatic heterocycles. The Bertz CT molecular complexity index is 671. The number of pyridine rings is 1. The van der Waals surface area contributed by atoms with Gasteiger partial charge in [-0.05, 0) is 12.5 Å². The number of sulfonamides is 1. The summed E-state index contributed by atoms with van der Waals surface area (Å²) in [4.78, 5) is 4.13. The molecule has 1 heterocycles. The van der Waals surface area contributed by atoms with Crippen LogP contribution in [0.1, 0.15) is 13.3 Å². The van der Waals surface area contributed by atoms with Crippen LogP contribution in [0.25, 0.3) is 0 Å². The second-order valence-electron chi connectivity index (χ2n) is 4.76. The van der Waals surface area contributed by atoms with Crippen LogP contribution in [0.4, 0.5) is 5.82 Å². The van der Waals surface area contributed by atoms with Gasteiger partial charge in [-0.3, -0.25) is 0 Å². The third-order valence-corrected chi connectivity index (χ3v) is 5.55. The predicted octanol–water partition coefficient (Wildman–Crippen LogP) is 0.569. The third kappa shape index (κ3) is 5.60. The first-order chi connectivity index (χ1) is 9.66. The molecule has 21 heavy (non-hydrogen) atoms. The normalized spacial score (nSPS) is 12.6. The molecule has 0 saturated carbocycles. The molecule has 7 nitrogen and oxygen atoms in total. The van der Waals surface area contributed by atoms with E-state index in [1.54, 1.807) is 0 Å². The molecule has 1 rings (SSSR count). The third-order valence-electron chi connectivity index (χ3n) is 2.77. The van der Waals surface area contributed by atoms with Crippen molar-refractivity contribution < 1.29 is 16.8 Å². The van der Waals surface area contributed by atoms with Crippen molar-refractivity contribution >= 4 is 25.7 Å². The van der Waals surface area contributed by atoms with E-state index in [9.17, 15) is 16.8 Å². The van der Waals surface area contributed by atoms with Crippen molar-refractivity contribution in [3.05, 3.63) is 18.3 Å². The number of anilines is 1. The van der Waals surface area contributed by atoms with Crippen molar-refractivity contribution in [2.24, 2.45) is 0 Å².